The number of Topliss-reactive ketones (excluding diaryl/α,β-unsaturated/α-hetero) is 2. The molecule has 15 heteroatoms. The normalized spacial score (nSPS) is 15.0. The van der Waals surface area contributed by atoms with Crippen LogP contribution in [0.4, 0.5) is 5.13 Å². The molecule has 456 valence electrons. The molecule has 0 unspecified atom stereocenters. The zero-order chi connectivity index (χ0) is 66.2. The van der Waals surface area contributed by atoms with Gasteiger partial charge in [-0.05, 0) is 136 Å². The summed E-state index contributed by atoms with van der Waals surface area (Å²) in [5, 5.41) is 45.8. The highest BCUT2D eigenvalue weighted by Crippen LogP contribution is 2.64. The predicted octanol–water partition coefficient (Wildman–Crippen LogP) is 19.2. The van der Waals surface area contributed by atoms with Crippen molar-refractivity contribution >= 4 is 98.6 Å². The highest BCUT2D eigenvalue weighted by atomic mass is 32.1. The number of aromatic nitrogens is 4. The lowest BCUT2D eigenvalue weighted by Gasteiger charge is -2.36. The van der Waals surface area contributed by atoms with E-state index in [4.69, 9.17) is 19.9 Å². The molecule has 17 rings (SSSR count). The molecule has 0 bridgehead atoms. The number of ketones is 2. The number of allylic oxidation sites excluding steroid dienone is 6. The van der Waals surface area contributed by atoms with Gasteiger partial charge in [0.25, 0.3) is 0 Å². The molecule has 13 aromatic rings. The standard InChI is InChI=1S/C82H47N9O2S4/c1-43-13-23-51(24-14-43)81(52-25-15-44(2)16-26-52)65-33-47(74-89-77-76(95-74)88-69(94-77)37-63-70(49(38-83)39-84)57-9-5-7-11-59(57)72(63)92)21-31-55(65)61-35-68-62(36-67(61)81)56-32-22-48(34-66(56)82(68,53-27-17-45(3)18-28-53)54-29-19-46(4)20-30-54)75-90-78-79(96-75)91-80(97-78)87-42-64-71(50(40-85)41-86)58-10-6-8-12-60(58)73(64)93/h5-37,42H,1-4H3,(H,87,91)/b63-37-,64-42-. The quantitative estimate of drug-likeness (QED) is 0.107. The Bertz CT molecular complexity index is 5800. The maximum atomic E-state index is 13.9. The molecule has 97 heavy (non-hydrogen) atoms. The van der Waals surface area contributed by atoms with Crippen molar-refractivity contribution in [3.05, 3.63) is 317 Å². The number of aryl methyl sites for hydroxylation is 4. The van der Waals surface area contributed by atoms with Crippen molar-refractivity contribution in [2.75, 3.05) is 5.32 Å². The molecule has 0 amide bonds. The lowest BCUT2D eigenvalue weighted by atomic mass is 9.65. The van der Waals surface area contributed by atoms with Crippen LogP contribution in [-0.2, 0) is 10.8 Å². The number of carbonyl (C=O) groups is 2. The third-order valence-electron chi connectivity index (χ3n) is 19.3. The fourth-order valence-electron chi connectivity index (χ4n) is 14.8. The fourth-order valence-corrected chi connectivity index (χ4v) is 18.7. The van der Waals surface area contributed by atoms with Crippen LogP contribution >= 0.6 is 45.3 Å². The van der Waals surface area contributed by atoms with Crippen molar-refractivity contribution in [2.45, 2.75) is 38.5 Å². The van der Waals surface area contributed by atoms with E-state index in [2.05, 4.69) is 179 Å². The minimum absolute atomic E-state index is 0.125. The molecule has 0 spiro atoms. The van der Waals surface area contributed by atoms with Gasteiger partial charge in [-0.15, -0.1) is 0 Å². The zero-order valence-electron chi connectivity index (χ0n) is 52.2. The van der Waals surface area contributed by atoms with E-state index in [9.17, 15) is 30.6 Å². The van der Waals surface area contributed by atoms with Gasteiger partial charge < -0.3 is 5.32 Å². The number of thiazole rings is 4. The maximum absolute atomic E-state index is 13.9. The Balaban J connectivity index is 0.823. The highest BCUT2D eigenvalue weighted by molar-refractivity contribution is 7.30. The van der Waals surface area contributed by atoms with Crippen molar-refractivity contribution in [3.63, 3.8) is 0 Å². The smallest absolute Gasteiger partial charge is 0.195 e. The zero-order valence-corrected chi connectivity index (χ0v) is 55.4. The van der Waals surface area contributed by atoms with Crippen LogP contribution in [0.15, 0.2) is 223 Å². The SMILES string of the molecule is Cc1ccc(C2(c3ccc(C)cc3)c3cc(-c4nc5sc(/C=C6\C(=O)c7ccccc7C6=C(C#N)C#N)nc5s4)ccc3-c3cc4c(cc32)-c2ccc(-c3nc5sc(N/C=C6\C(=O)c7ccccc7C6=C(C#N)C#N)nc5s3)cc2C4(c2ccc(C)cc2)c2ccc(C)cc2)cc1. The van der Waals surface area contributed by atoms with Crippen LogP contribution < -0.4 is 5.32 Å². The van der Waals surface area contributed by atoms with E-state index < -0.39 is 10.8 Å². The Hall–Kier alpha value is -11.9. The van der Waals surface area contributed by atoms with Gasteiger partial charge in [0.2, 0.25) is 0 Å². The number of hydrogen-bond acceptors (Lipinski definition) is 15. The van der Waals surface area contributed by atoms with Crippen molar-refractivity contribution in [1.82, 2.24) is 19.9 Å². The summed E-state index contributed by atoms with van der Waals surface area (Å²) in [7, 11) is 0. The molecule has 1 N–H and O–H groups in total. The number of carbonyl (C=O) groups excluding carboxylic acids is 2. The molecule has 4 aliphatic rings. The molecule has 0 aliphatic heterocycles. The number of fused-ring (bicyclic) bond motifs is 10. The second-order valence-electron chi connectivity index (χ2n) is 24.7. The first-order valence-corrected chi connectivity index (χ1v) is 34.5. The number of nitrogens with one attached hydrogen (secondary N) is 1. The first-order valence-electron chi connectivity index (χ1n) is 31.2. The van der Waals surface area contributed by atoms with Gasteiger partial charge in [-0.2, -0.15) is 21.0 Å². The van der Waals surface area contributed by atoms with Crippen LogP contribution in [0, 0.1) is 73.0 Å². The summed E-state index contributed by atoms with van der Waals surface area (Å²) in [5.74, 6) is -0.533. The van der Waals surface area contributed by atoms with Crippen LogP contribution in [0.1, 0.15) is 104 Å². The molecule has 4 aliphatic carbocycles. The monoisotopic (exact) mass is 1320 g/mol. The summed E-state index contributed by atoms with van der Waals surface area (Å²) in [6.07, 6.45) is 3.23. The van der Waals surface area contributed by atoms with Gasteiger partial charge in [0.15, 0.2) is 36.0 Å². The van der Waals surface area contributed by atoms with Crippen LogP contribution in [0.25, 0.3) is 79.9 Å². The molecule has 0 saturated heterocycles. The first kappa shape index (κ1) is 58.9. The number of benzene rings is 9. The van der Waals surface area contributed by atoms with Gasteiger partial charge in [0.1, 0.15) is 50.4 Å². The predicted molar refractivity (Wildman–Crippen MR) is 386 cm³/mol. The number of nitriles is 4. The van der Waals surface area contributed by atoms with Crippen molar-refractivity contribution in [2.24, 2.45) is 0 Å². The van der Waals surface area contributed by atoms with Gasteiger partial charge in [-0.3, -0.25) is 9.59 Å². The lowest BCUT2D eigenvalue weighted by molar-refractivity contribution is 0.103. The average Bonchev–Trinajstić information content (AvgIpc) is 1.51. The van der Waals surface area contributed by atoms with Gasteiger partial charge in [-0.25, -0.2) is 19.9 Å². The molecule has 0 atom stereocenters. The molecule has 0 radical (unpaired) electrons. The average molecular weight is 1320 g/mol. The van der Waals surface area contributed by atoms with E-state index >= 15 is 0 Å². The van der Waals surface area contributed by atoms with Gasteiger partial charge >= 0.3 is 0 Å². The number of anilines is 1. The van der Waals surface area contributed by atoms with E-state index in [-0.39, 0.29) is 33.9 Å². The van der Waals surface area contributed by atoms with Crippen LogP contribution in [0.5, 0.6) is 0 Å². The van der Waals surface area contributed by atoms with E-state index in [1.165, 1.54) is 45.3 Å². The summed E-state index contributed by atoms with van der Waals surface area (Å²) in [5.41, 5.74) is 21.3. The number of rotatable bonds is 9. The second kappa shape index (κ2) is 22.4. The molecule has 4 aromatic heterocycles. The van der Waals surface area contributed by atoms with E-state index in [0.717, 1.165) is 120 Å². The number of nitrogens with zero attached hydrogens (tertiary/aromatic N) is 8. The second-order valence-corrected chi connectivity index (χ2v) is 28.7. The Morgan fingerprint density at radius 2 is 0.763 bits per heavy atom. The Morgan fingerprint density at radius 3 is 1.18 bits per heavy atom. The molecular weight excluding hydrogens is 1270 g/mol. The van der Waals surface area contributed by atoms with Crippen molar-refractivity contribution < 1.29 is 9.59 Å². The largest absolute Gasteiger partial charge is 0.337 e. The minimum atomic E-state index is -0.818. The summed E-state index contributed by atoms with van der Waals surface area (Å²) < 4.78 is 0. The van der Waals surface area contributed by atoms with E-state index in [0.29, 0.717) is 53.2 Å². The van der Waals surface area contributed by atoms with Crippen LogP contribution in [-0.4, -0.2) is 31.5 Å². The number of hydrogen-bond donors (Lipinski definition) is 1. The lowest BCUT2D eigenvalue weighted by Crippen LogP contribution is -2.30. The van der Waals surface area contributed by atoms with Gasteiger partial charge in [0, 0.05) is 50.7 Å². The van der Waals surface area contributed by atoms with Crippen molar-refractivity contribution in [1.29, 1.82) is 21.0 Å². The highest BCUT2D eigenvalue weighted by Gasteiger charge is 2.52. The minimum Gasteiger partial charge on any atom is -0.337 e. The Kier molecular flexibility index (Phi) is 13.6. The summed E-state index contributed by atoms with van der Waals surface area (Å²) >= 11 is 5.72. The van der Waals surface area contributed by atoms with E-state index in [1.807, 2.05) is 24.3 Å². The molecule has 11 nitrogen and oxygen atoms in total. The van der Waals surface area contributed by atoms with Crippen LogP contribution in [0.3, 0.4) is 0 Å². The molecule has 0 saturated carbocycles. The third kappa shape index (κ3) is 8.84. The molecule has 0 fully saturated rings. The van der Waals surface area contributed by atoms with Crippen molar-refractivity contribution in [3.8, 4) is 67.7 Å². The summed E-state index contributed by atoms with van der Waals surface area (Å²) in [6, 6.07) is 76.7. The van der Waals surface area contributed by atoms with Crippen LogP contribution in [0.2, 0.25) is 0 Å². The maximum Gasteiger partial charge on any atom is 0.195 e. The Labute approximate surface area is 573 Å². The summed E-state index contributed by atoms with van der Waals surface area (Å²) in [4.78, 5) is 51.0. The first-order chi connectivity index (χ1) is 47.3. The molecule has 4 heterocycles. The summed E-state index contributed by atoms with van der Waals surface area (Å²) in [6.45, 7) is 8.52. The van der Waals surface area contributed by atoms with E-state index in [1.54, 1.807) is 60.8 Å². The topological polar surface area (TPSA) is 193 Å². The van der Waals surface area contributed by atoms with Gasteiger partial charge in [0.05, 0.1) is 10.8 Å². The van der Waals surface area contributed by atoms with Gasteiger partial charge in [-0.1, -0.05) is 237 Å². The molecular formula is C82H47N9O2S4. The fraction of sp³-hybridized carbons (Fsp3) is 0.0732. The molecule has 9 aromatic carbocycles. The third-order valence-corrected chi connectivity index (χ3v) is 23.3. The Morgan fingerprint density at radius 1 is 0.392 bits per heavy atom.